The van der Waals surface area contributed by atoms with Crippen LogP contribution in [0, 0.1) is 0 Å². The van der Waals surface area contributed by atoms with E-state index in [0.717, 1.165) is 23.7 Å². The number of aldehydes is 1. The van der Waals surface area contributed by atoms with E-state index < -0.39 is 9.84 Å². The molecule has 0 N–H and O–H groups in total. The van der Waals surface area contributed by atoms with Gasteiger partial charge in [0.2, 0.25) is 5.88 Å². The predicted molar refractivity (Wildman–Crippen MR) is 94.7 cm³/mol. The fraction of sp³-hybridized carbons (Fsp3) is 0.0526. The lowest BCUT2D eigenvalue weighted by molar-refractivity contribution is 0.112. The zero-order chi connectivity index (χ0) is 17.9. The minimum atomic E-state index is -3.44. The van der Waals surface area contributed by atoms with Crippen LogP contribution in [-0.2, 0) is 9.84 Å². The molecule has 0 spiro atoms. The Morgan fingerprint density at radius 1 is 0.960 bits per heavy atom. The van der Waals surface area contributed by atoms with Crippen LogP contribution in [0.1, 0.15) is 10.4 Å². The van der Waals surface area contributed by atoms with Crippen LogP contribution in [0.15, 0.2) is 71.8 Å². The van der Waals surface area contributed by atoms with Crippen LogP contribution >= 0.6 is 0 Å². The Balaban J connectivity index is 1.91. The number of rotatable bonds is 5. The van der Waals surface area contributed by atoms with Crippen molar-refractivity contribution in [2.45, 2.75) is 4.90 Å². The molecule has 6 heteroatoms. The number of carbonyl (C=O) groups is 1. The summed E-state index contributed by atoms with van der Waals surface area (Å²) in [6.45, 7) is 0. The third-order valence-corrected chi connectivity index (χ3v) is 4.71. The maximum absolute atomic E-state index is 11.8. The Kier molecular flexibility index (Phi) is 4.63. The minimum absolute atomic E-state index is 0.0328. The summed E-state index contributed by atoms with van der Waals surface area (Å²) in [5, 5.41) is 0. The summed E-state index contributed by atoms with van der Waals surface area (Å²) in [4.78, 5) is 15.2. The smallest absolute Gasteiger partial charge is 0.238 e. The number of hydrogen-bond donors (Lipinski definition) is 0. The van der Waals surface area contributed by atoms with Gasteiger partial charge in [0.05, 0.1) is 0 Å². The maximum atomic E-state index is 11.8. The van der Waals surface area contributed by atoms with Crippen LogP contribution in [0.5, 0.6) is 11.6 Å². The highest BCUT2D eigenvalue weighted by atomic mass is 32.2. The molecule has 0 amide bonds. The average molecular weight is 353 g/mol. The van der Waals surface area contributed by atoms with Crippen molar-refractivity contribution in [3.05, 3.63) is 72.4 Å². The van der Waals surface area contributed by atoms with Gasteiger partial charge < -0.3 is 4.74 Å². The lowest BCUT2D eigenvalue weighted by Crippen LogP contribution is -2.01. The first-order chi connectivity index (χ1) is 12.0. The van der Waals surface area contributed by atoms with E-state index in [-0.39, 0.29) is 10.8 Å². The number of hydrogen-bond acceptors (Lipinski definition) is 5. The van der Waals surface area contributed by atoms with Gasteiger partial charge >= 0.3 is 0 Å². The summed E-state index contributed by atoms with van der Waals surface area (Å²) in [7, 11) is -3.44. The molecule has 1 heterocycles. The molecule has 126 valence electrons. The Labute approximate surface area is 145 Å². The highest BCUT2D eigenvalue weighted by Crippen LogP contribution is 2.29. The van der Waals surface area contributed by atoms with Crippen molar-refractivity contribution >= 4 is 16.1 Å². The van der Waals surface area contributed by atoms with Crippen LogP contribution in [0.4, 0.5) is 0 Å². The molecule has 0 unspecified atom stereocenters. The van der Waals surface area contributed by atoms with Gasteiger partial charge in [0, 0.05) is 18.0 Å². The first-order valence-electron chi connectivity index (χ1n) is 7.46. The maximum Gasteiger partial charge on any atom is 0.238 e. The molecular weight excluding hydrogens is 338 g/mol. The molecule has 0 aliphatic heterocycles. The normalized spacial score (nSPS) is 11.1. The van der Waals surface area contributed by atoms with E-state index in [1.807, 2.05) is 12.1 Å². The number of carbonyl (C=O) groups excluding carboxylic acids is 1. The third-order valence-electron chi connectivity index (χ3n) is 3.60. The summed E-state index contributed by atoms with van der Waals surface area (Å²) in [5.74, 6) is 0.488. The van der Waals surface area contributed by atoms with Gasteiger partial charge in [-0.25, -0.2) is 13.4 Å². The van der Waals surface area contributed by atoms with Gasteiger partial charge in [-0.2, -0.15) is 0 Å². The highest BCUT2D eigenvalue weighted by Gasteiger charge is 2.16. The van der Waals surface area contributed by atoms with Gasteiger partial charge in [0.1, 0.15) is 10.6 Å². The van der Waals surface area contributed by atoms with Crippen molar-refractivity contribution in [1.29, 1.82) is 0 Å². The zero-order valence-corrected chi connectivity index (χ0v) is 14.2. The Morgan fingerprint density at radius 2 is 1.68 bits per heavy atom. The van der Waals surface area contributed by atoms with Gasteiger partial charge in [-0.05, 0) is 35.4 Å². The number of ether oxygens (including phenoxy) is 1. The van der Waals surface area contributed by atoms with E-state index in [2.05, 4.69) is 4.98 Å². The zero-order valence-electron chi connectivity index (χ0n) is 13.4. The molecule has 0 saturated heterocycles. The van der Waals surface area contributed by atoms with Crippen LogP contribution < -0.4 is 4.74 Å². The first-order valence-corrected chi connectivity index (χ1v) is 9.36. The monoisotopic (exact) mass is 353 g/mol. The quantitative estimate of drug-likeness (QED) is 0.653. The van der Waals surface area contributed by atoms with E-state index in [4.69, 9.17) is 4.74 Å². The summed E-state index contributed by atoms with van der Waals surface area (Å²) in [5.41, 5.74) is 2.28. The molecule has 3 rings (SSSR count). The molecule has 25 heavy (non-hydrogen) atoms. The van der Waals surface area contributed by atoms with Gasteiger partial charge in [0.15, 0.2) is 16.1 Å². The van der Waals surface area contributed by atoms with Crippen molar-refractivity contribution < 1.29 is 17.9 Å². The number of nitrogens with zero attached hydrogens (tertiary/aromatic N) is 1. The summed E-state index contributed by atoms with van der Waals surface area (Å²) in [6.07, 6.45) is 3.39. The van der Waals surface area contributed by atoms with E-state index in [1.165, 1.54) is 12.3 Å². The fourth-order valence-electron chi connectivity index (χ4n) is 2.41. The lowest BCUT2D eigenvalue weighted by atomic mass is 10.0. The van der Waals surface area contributed by atoms with Crippen molar-refractivity contribution in [2.75, 3.05) is 6.26 Å². The number of benzene rings is 2. The first kappa shape index (κ1) is 16.9. The minimum Gasteiger partial charge on any atom is -0.438 e. The van der Waals surface area contributed by atoms with Crippen LogP contribution in [-0.4, -0.2) is 25.9 Å². The largest absolute Gasteiger partial charge is 0.438 e. The predicted octanol–water partition coefficient (Wildman–Crippen LogP) is 3.76. The molecule has 0 fully saturated rings. The second-order valence-electron chi connectivity index (χ2n) is 5.41. The van der Waals surface area contributed by atoms with Crippen molar-refractivity contribution in [1.82, 2.24) is 4.98 Å². The number of pyridine rings is 1. The Bertz CT molecular complexity index is 1010. The average Bonchev–Trinajstić information content (AvgIpc) is 2.62. The van der Waals surface area contributed by atoms with Gasteiger partial charge in [-0.15, -0.1) is 0 Å². The molecule has 0 bridgehead atoms. The van der Waals surface area contributed by atoms with E-state index in [9.17, 15) is 13.2 Å². The molecule has 5 nitrogen and oxygen atoms in total. The second-order valence-corrected chi connectivity index (χ2v) is 7.39. The number of aromatic nitrogens is 1. The lowest BCUT2D eigenvalue weighted by Gasteiger charge is -2.10. The second kappa shape index (κ2) is 6.86. The van der Waals surface area contributed by atoms with Gasteiger partial charge in [-0.3, -0.25) is 4.79 Å². The molecule has 0 aliphatic carbocycles. The summed E-state index contributed by atoms with van der Waals surface area (Å²) in [6, 6.07) is 17.3. The molecular formula is C19H15NO4S. The molecule has 0 atom stereocenters. The van der Waals surface area contributed by atoms with Crippen molar-refractivity contribution in [3.8, 4) is 22.8 Å². The number of sulfone groups is 1. The Morgan fingerprint density at radius 3 is 2.36 bits per heavy atom. The van der Waals surface area contributed by atoms with Crippen molar-refractivity contribution in [2.24, 2.45) is 0 Å². The van der Waals surface area contributed by atoms with E-state index in [1.54, 1.807) is 42.5 Å². The van der Waals surface area contributed by atoms with Gasteiger partial charge in [-0.1, -0.05) is 36.4 Å². The van der Waals surface area contributed by atoms with Crippen LogP contribution in [0.3, 0.4) is 0 Å². The van der Waals surface area contributed by atoms with Crippen molar-refractivity contribution in [3.63, 3.8) is 0 Å². The molecule has 0 saturated carbocycles. The molecule has 2 aromatic carbocycles. The standard InChI is InChI=1S/C19H15NO4S/c1-25(22,23)18-7-4-12-20-19(18)24-16-10-8-14(9-11-16)17-6-3-2-5-15(17)13-21/h2-13H,1H3. The van der Waals surface area contributed by atoms with Crippen LogP contribution in [0.25, 0.3) is 11.1 Å². The third kappa shape index (κ3) is 3.75. The topological polar surface area (TPSA) is 73.3 Å². The highest BCUT2D eigenvalue weighted by molar-refractivity contribution is 7.90. The SMILES string of the molecule is CS(=O)(=O)c1cccnc1Oc1ccc(-c2ccccc2C=O)cc1. The molecule has 3 aromatic rings. The van der Waals surface area contributed by atoms with Gasteiger partial charge in [0.25, 0.3) is 0 Å². The van der Waals surface area contributed by atoms with E-state index in [0.29, 0.717) is 11.3 Å². The molecule has 1 aromatic heterocycles. The van der Waals surface area contributed by atoms with E-state index >= 15 is 0 Å². The molecule has 0 radical (unpaired) electrons. The fourth-order valence-corrected chi connectivity index (χ4v) is 3.15. The van der Waals surface area contributed by atoms with Crippen LogP contribution in [0.2, 0.25) is 0 Å². The molecule has 0 aliphatic rings. The summed E-state index contributed by atoms with van der Waals surface area (Å²) >= 11 is 0. The summed E-state index contributed by atoms with van der Waals surface area (Å²) < 4.78 is 29.2. The Hall–Kier alpha value is -2.99.